The number of halogens is 2. The van der Waals surface area contributed by atoms with E-state index in [-0.39, 0.29) is 12.5 Å². The largest absolute Gasteiger partial charge is 0.305 e. The lowest BCUT2D eigenvalue weighted by Crippen LogP contribution is -2.14. The number of carbonyl (C=O) groups excluding carboxylic acids is 1. The molecule has 1 amide bonds. The first kappa shape index (κ1) is 18.1. The molecule has 7 nitrogen and oxygen atoms in total. The van der Waals surface area contributed by atoms with E-state index < -0.39 is 5.82 Å². The predicted molar refractivity (Wildman–Crippen MR) is 104 cm³/mol. The Balaban J connectivity index is 1.57. The number of hydrogen-bond acceptors (Lipinski definition) is 4. The molecule has 0 bridgehead atoms. The van der Waals surface area contributed by atoms with E-state index in [9.17, 15) is 9.18 Å². The molecule has 0 unspecified atom stereocenters. The van der Waals surface area contributed by atoms with E-state index in [0.29, 0.717) is 38.7 Å². The lowest BCUT2D eigenvalue weighted by atomic mass is 10.1. The summed E-state index contributed by atoms with van der Waals surface area (Å²) in [5.74, 6) is -0.374. The molecule has 0 spiro atoms. The van der Waals surface area contributed by atoms with Gasteiger partial charge in [0.1, 0.15) is 5.82 Å². The van der Waals surface area contributed by atoms with Crippen molar-refractivity contribution in [3.63, 3.8) is 0 Å². The average Bonchev–Trinajstić information content (AvgIpc) is 3.24. The van der Waals surface area contributed by atoms with Crippen LogP contribution >= 0.6 is 11.6 Å². The van der Waals surface area contributed by atoms with Crippen LogP contribution in [0.15, 0.2) is 42.7 Å². The Kier molecular flexibility index (Phi) is 4.56. The Morgan fingerprint density at radius 2 is 2.14 bits per heavy atom. The number of nitrogens with zero attached hydrogens (tertiary/aromatic N) is 5. The first-order chi connectivity index (χ1) is 13.4. The van der Waals surface area contributed by atoms with Gasteiger partial charge in [-0.15, -0.1) is 0 Å². The molecule has 0 saturated heterocycles. The molecule has 28 heavy (non-hydrogen) atoms. The van der Waals surface area contributed by atoms with Crippen LogP contribution in [0.3, 0.4) is 0 Å². The van der Waals surface area contributed by atoms with Gasteiger partial charge in [0.15, 0.2) is 11.5 Å². The number of nitrogens with one attached hydrogen (secondary N) is 1. The standard InChI is InChI=1S/C19H16ClFN6O/c1-11-8-12(13-9-22-26(2)18(13)23-11)19(28)24-17-6-7-27(25-17)10-14-15(20)4-3-5-16(14)21/h3-9H,10H2,1-2H3,(H,24,25,28). The predicted octanol–water partition coefficient (Wildman–Crippen LogP) is 3.57. The molecular weight excluding hydrogens is 383 g/mol. The van der Waals surface area contributed by atoms with E-state index in [0.717, 1.165) is 0 Å². The zero-order valence-corrected chi connectivity index (χ0v) is 15.9. The van der Waals surface area contributed by atoms with E-state index in [1.807, 2.05) is 6.92 Å². The fraction of sp³-hybridized carbons (Fsp3) is 0.158. The van der Waals surface area contributed by atoms with Gasteiger partial charge in [0.05, 0.1) is 23.7 Å². The smallest absolute Gasteiger partial charge is 0.257 e. The molecule has 3 aromatic heterocycles. The first-order valence-corrected chi connectivity index (χ1v) is 8.87. The minimum atomic E-state index is -0.403. The van der Waals surface area contributed by atoms with Crippen LogP contribution in [0.1, 0.15) is 21.6 Å². The topological polar surface area (TPSA) is 77.6 Å². The van der Waals surface area contributed by atoms with Crippen LogP contribution < -0.4 is 5.32 Å². The molecule has 3 heterocycles. The highest BCUT2D eigenvalue weighted by Gasteiger charge is 2.16. The summed E-state index contributed by atoms with van der Waals surface area (Å²) in [5, 5.41) is 12.2. The van der Waals surface area contributed by atoms with E-state index >= 15 is 0 Å². The molecular formula is C19H16ClFN6O. The van der Waals surface area contributed by atoms with Crippen LogP contribution in [0, 0.1) is 12.7 Å². The minimum absolute atomic E-state index is 0.155. The number of anilines is 1. The van der Waals surface area contributed by atoms with Crippen molar-refractivity contribution >= 4 is 34.4 Å². The van der Waals surface area contributed by atoms with Gasteiger partial charge in [0.2, 0.25) is 0 Å². The summed E-state index contributed by atoms with van der Waals surface area (Å²) >= 11 is 6.06. The van der Waals surface area contributed by atoms with Gasteiger partial charge in [-0.3, -0.25) is 14.2 Å². The van der Waals surface area contributed by atoms with Gasteiger partial charge >= 0.3 is 0 Å². The molecule has 1 aromatic carbocycles. The zero-order chi connectivity index (χ0) is 19.8. The van der Waals surface area contributed by atoms with Crippen molar-refractivity contribution in [2.24, 2.45) is 7.05 Å². The van der Waals surface area contributed by atoms with E-state index in [1.54, 1.807) is 48.4 Å². The SMILES string of the molecule is Cc1cc(C(=O)Nc2ccn(Cc3c(F)cccc3Cl)n2)c2cnn(C)c2n1. The number of aryl methyl sites for hydroxylation is 2. The summed E-state index contributed by atoms with van der Waals surface area (Å²) < 4.78 is 17.1. The molecule has 0 fully saturated rings. The maximum absolute atomic E-state index is 14.0. The second kappa shape index (κ2) is 7.05. The molecule has 0 atom stereocenters. The monoisotopic (exact) mass is 398 g/mol. The second-order valence-electron chi connectivity index (χ2n) is 6.37. The molecule has 142 valence electrons. The van der Waals surface area contributed by atoms with Crippen molar-refractivity contribution in [3.05, 3.63) is 70.4 Å². The highest BCUT2D eigenvalue weighted by atomic mass is 35.5. The number of rotatable bonds is 4. The van der Waals surface area contributed by atoms with E-state index in [4.69, 9.17) is 11.6 Å². The zero-order valence-electron chi connectivity index (χ0n) is 15.1. The van der Waals surface area contributed by atoms with Crippen LogP contribution in [-0.4, -0.2) is 30.5 Å². The van der Waals surface area contributed by atoms with Gasteiger partial charge in [-0.1, -0.05) is 17.7 Å². The highest BCUT2D eigenvalue weighted by Crippen LogP contribution is 2.21. The van der Waals surface area contributed by atoms with Crippen LogP contribution in [0.5, 0.6) is 0 Å². The molecule has 1 N–H and O–H groups in total. The van der Waals surface area contributed by atoms with Crippen molar-refractivity contribution in [1.82, 2.24) is 24.5 Å². The number of benzene rings is 1. The lowest BCUT2D eigenvalue weighted by molar-refractivity contribution is 0.102. The number of aromatic nitrogens is 5. The van der Waals surface area contributed by atoms with Gasteiger partial charge in [-0.25, -0.2) is 9.37 Å². The third-order valence-electron chi connectivity index (χ3n) is 4.34. The first-order valence-electron chi connectivity index (χ1n) is 8.49. The summed E-state index contributed by atoms with van der Waals surface area (Å²) in [6.07, 6.45) is 3.26. The van der Waals surface area contributed by atoms with E-state index in [2.05, 4.69) is 20.5 Å². The Bertz CT molecular complexity index is 1180. The molecule has 0 aliphatic heterocycles. The van der Waals surface area contributed by atoms with E-state index in [1.165, 1.54) is 10.7 Å². The third kappa shape index (κ3) is 3.34. The Morgan fingerprint density at radius 1 is 1.32 bits per heavy atom. The average molecular weight is 399 g/mol. The summed E-state index contributed by atoms with van der Waals surface area (Å²) in [6, 6.07) is 7.86. The number of hydrogen-bond donors (Lipinski definition) is 1. The second-order valence-corrected chi connectivity index (χ2v) is 6.78. The van der Waals surface area contributed by atoms with Gasteiger partial charge in [0.25, 0.3) is 5.91 Å². The molecule has 0 saturated carbocycles. The maximum Gasteiger partial charge on any atom is 0.257 e. The van der Waals surface area contributed by atoms with Crippen molar-refractivity contribution < 1.29 is 9.18 Å². The third-order valence-corrected chi connectivity index (χ3v) is 4.70. The van der Waals surface area contributed by atoms with Crippen molar-refractivity contribution in [1.29, 1.82) is 0 Å². The fourth-order valence-electron chi connectivity index (χ4n) is 2.97. The normalized spacial score (nSPS) is 11.1. The Morgan fingerprint density at radius 3 is 2.93 bits per heavy atom. The van der Waals surface area contributed by atoms with Crippen LogP contribution in [0.2, 0.25) is 5.02 Å². The summed E-state index contributed by atoms with van der Waals surface area (Å²) in [7, 11) is 1.77. The fourth-order valence-corrected chi connectivity index (χ4v) is 3.20. The van der Waals surface area contributed by atoms with Gasteiger partial charge in [-0.2, -0.15) is 10.2 Å². The van der Waals surface area contributed by atoms with Gasteiger partial charge < -0.3 is 5.32 Å². The summed E-state index contributed by atoms with van der Waals surface area (Å²) in [4.78, 5) is 17.2. The van der Waals surface area contributed by atoms with Crippen molar-refractivity contribution in [3.8, 4) is 0 Å². The number of amides is 1. The minimum Gasteiger partial charge on any atom is -0.305 e. The summed E-state index contributed by atoms with van der Waals surface area (Å²) in [6.45, 7) is 1.97. The van der Waals surface area contributed by atoms with Crippen LogP contribution in [-0.2, 0) is 13.6 Å². The molecule has 0 aliphatic carbocycles. The number of carbonyl (C=O) groups is 1. The Labute approximate surface area is 164 Å². The van der Waals surface area contributed by atoms with Crippen molar-refractivity contribution in [2.75, 3.05) is 5.32 Å². The molecule has 0 aliphatic rings. The van der Waals surface area contributed by atoms with Crippen LogP contribution in [0.4, 0.5) is 10.2 Å². The molecule has 4 aromatic rings. The Hall–Kier alpha value is -3.26. The number of fused-ring (bicyclic) bond motifs is 1. The van der Waals surface area contributed by atoms with Gasteiger partial charge in [-0.05, 0) is 25.1 Å². The molecule has 0 radical (unpaired) electrons. The highest BCUT2D eigenvalue weighted by molar-refractivity contribution is 6.31. The van der Waals surface area contributed by atoms with Crippen molar-refractivity contribution in [2.45, 2.75) is 13.5 Å². The maximum atomic E-state index is 14.0. The quantitative estimate of drug-likeness (QED) is 0.570. The van der Waals surface area contributed by atoms with Gasteiger partial charge in [0, 0.05) is 35.6 Å². The molecule has 9 heteroatoms. The lowest BCUT2D eigenvalue weighted by Gasteiger charge is -2.07. The number of pyridine rings is 1. The summed E-state index contributed by atoms with van der Waals surface area (Å²) in [5.41, 5.74) is 2.14. The molecule has 4 rings (SSSR count). The van der Waals surface area contributed by atoms with Crippen LogP contribution in [0.25, 0.3) is 11.0 Å².